The zero-order valence-electron chi connectivity index (χ0n) is 25.8. The van der Waals surface area contributed by atoms with Crippen molar-refractivity contribution >= 4 is 54.5 Å². The van der Waals surface area contributed by atoms with E-state index in [0.717, 1.165) is 71.6 Å². The molecule has 10 aromatic rings. The fraction of sp³-hybridized carbons (Fsp3) is 0. The van der Waals surface area contributed by atoms with E-state index in [1.54, 1.807) is 0 Å². The zero-order chi connectivity index (χ0) is 31.6. The fourth-order valence-electron chi connectivity index (χ4n) is 7.23. The minimum absolute atomic E-state index is 0.619. The average molecular weight is 614 g/mol. The molecule has 0 aliphatic carbocycles. The lowest BCUT2D eigenvalue weighted by Crippen LogP contribution is -2.03. The second-order valence-corrected chi connectivity index (χ2v) is 12.2. The lowest BCUT2D eigenvalue weighted by atomic mass is 9.95. The maximum Gasteiger partial charge on any atom is 0.235 e. The van der Waals surface area contributed by atoms with Crippen molar-refractivity contribution in [2.75, 3.05) is 0 Å². The van der Waals surface area contributed by atoms with Crippen LogP contribution in [0, 0.1) is 0 Å². The Morgan fingerprint density at radius 1 is 0.396 bits per heavy atom. The van der Waals surface area contributed by atoms with Crippen LogP contribution in [0.25, 0.3) is 94.1 Å². The number of rotatable bonds is 4. The maximum absolute atomic E-state index is 6.96. The molecule has 0 aliphatic rings. The van der Waals surface area contributed by atoms with Crippen LogP contribution < -0.4 is 0 Å². The van der Waals surface area contributed by atoms with Crippen LogP contribution in [0.1, 0.15) is 0 Å². The van der Waals surface area contributed by atoms with Crippen LogP contribution in [0.2, 0.25) is 0 Å². The molecule has 3 heterocycles. The van der Waals surface area contributed by atoms with Gasteiger partial charge in [-0.15, -0.1) is 0 Å². The lowest BCUT2D eigenvalue weighted by molar-refractivity contribution is 0.676. The predicted octanol–water partition coefficient (Wildman–Crippen LogP) is 11.6. The predicted molar refractivity (Wildman–Crippen MR) is 197 cm³/mol. The number of hydrogen-bond donors (Lipinski definition) is 0. The summed E-state index contributed by atoms with van der Waals surface area (Å²) in [6, 6.07) is 57.0. The van der Waals surface area contributed by atoms with E-state index in [2.05, 4.69) is 132 Å². The summed E-state index contributed by atoms with van der Waals surface area (Å²) in [7, 11) is 0. The molecule has 0 unspecified atom stereocenters. The van der Waals surface area contributed by atoms with Gasteiger partial charge in [0.15, 0.2) is 0 Å². The number of para-hydroxylation sites is 1. The Hall–Kier alpha value is -6.52. The van der Waals surface area contributed by atoms with Gasteiger partial charge in [0.2, 0.25) is 5.95 Å². The summed E-state index contributed by atoms with van der Waals surface area (Å²) in [4.78, 5) is 10.4. The highest BCUT2D eigenvalue weighted by Gasteiger charge is 2.22. The lowest BCUT2D eigenvalue weighted by Gasteiger charge is -2.11. The minimum atomic E-state index is 0.619. The van der Waals surface area contributed by atoms with Gasteiger partial charge in [-0.3, -0.25) is 4.57 Å². The van der Waals surface area contributed by atoms with Crippen molar-refractivity contribution in [3.05, 3.63) is 164 Å². The van der Waals surface area contributed by atoms with E-state index in [4.69, 9.17) is 14.4 Å². The highest BCUT2D eigenvalue weighted by molar-refractivity contribution is 6.27. The molecule has 48 heavy (non-hydrogen) atoms. The molecule has 0 bridgehead atoms. The molecule has 3 aromatic heterocycles. The van der Waals surface area contributed by atoms with Gasteiger partial charge in [-0.2, -0.15) is 0 Å². The van der Waals surface area contributed by atoms with Crippen molar-refractivity contribution in [3.8, 4) is 39.6 Å². The number of aromatic nitrogens is 3. The molecular formula is C44H27N3O. The number of hydrogen-bond acceptors (Lipinski definition) is 3. The summed E-state index contributed by atoms with van der Waals surface area (Å²) in [6.07, 6.45) is 0. The van der Waals surface area contributed by atoms with Crippen molar-refractivity contribution in [2.24, 2.45) is 0 Å². The standard InChI is InChI=1S/C44H27N3O/c1-4-14-28(15-5-1)35-26-36-33-24-25-40-41(43(33)48-42(36)32-21-11-10-20-31(32)35)34-22-12-13-23-39(34)47(40)44-45-37(29-16-6-2-7-17-29)27-38(46-44)30-18-8-3-9-19-30/h1-27H. The minimum Gasteiger partial charge on any atom is -0.455 e. The van der Waals surface area contributed by atoms with E-state index < -0.39 is 0 Å². The van der Waals surface area contributed by atoms with Crippen LogP contribution in [0.5, 0.6) is 0 Å². The fourth-order valence-corrected chi connectivity index (χ4v) is 7.23. The van der Waals surface area contributed by atoms with E-state index >= 15 is 0 Å². The van der Waals surface area contributed by atoms with Gasteiger partial charge < -0.3 is 4.42 Å². The van der Waals surface area contributed by atoms with Crippen LogP contribution in [0.15, 0.2) is 168 Å². The molecule has 0 amide bonds. The molecule has 0 saturated carbocycles. The Kier molecular flexibility index (Phi) is 5.84. The number of furan rings is 1. The summed E-state index contributed by atoms with van der Waals surface area (Å²) in [5.41, 5.74) is 10.0. The number of fused-ring (bicyclic) bond motifs is 9. The smallest absolute Gasteiger partial charge is 0.235 e. The molecule has 10 rings (SSSR count). The molecule has 0 radical (unpaired) electrons. The number of benzene rings is 7. The third-order valence-corrected chi connectivity index (χ3v) is 9.42. The Balaban J connectivity index is 1.30. The Bertz CT molecular complexity index is 2760. The van der Waals surface area contributed by atoms with Gasteiger partial charge in [0.1, 0.15) is 11.2 Å². The van der Waals surface area contributed by atoms with E-state index in [1.807, 2.05) is 36.4 Å². The van der Waals surface area contributed by atoms with Crippen LogP contribution in [-0.2, 0) is 0 Å². The summed E-state index contributed by atoms with van der Waals surface area (Å²) >= 11 is 0. The quantitative estimate of drug-likeness (QED) is 0.198. The molecule has 224 valence electrons. The summed E-state index contributed by atoms with van der Waals surface area (Å²) in [5, 5.41) is 6.63. The van der Waals surface area contributed by atoms with Crippen LogP contribution >= 0.6 is 0 Å². The molecule has 7 aromatic carbocycles. The largest absolute Gasteiger partial charge is 0.455 e. The van der Waals surface area contributed by atoms with Crippen molar-refractivity contribution < 1.29 is 4.42 Å². The molecular weight excluding hydrogens is 587 g/mol. The van der Waals surface area contributed by atoms with Gasteiger partial charge in [0, 0.05) is 32.7 Å². The first-order chi connectivity index (χ1) is 23.8. The van der Waals surface area contributed by atoms with Gasteiger partial charge in [-0.05, 0) is 46.8 Å². The topological polar surface area (TPSA) is 43.9 Å². The molecule has 0 atom stereocenters. The van der Waals surface area contributed by atoms with E-state index in [9.17, 15) is 0 Å². The molecule has 4 heteroatoms. The molecule has 0 aliphatic heterocycles. The molecule has 0 spiro atoms. The molecule has 0 fully saturated rings. The van der Waals surface area contributed by atoms with E-state index in [0.29, 0.717) is 5.95 Å². The highest BCUT2D eigenvalue weighted by atomic mass is 16.3. The van der Waals surface area contributed by atoms with Gasteiger partial charge in [0.25, 0.3) is 0 Å². The number of nitrogens with zero attached hydrogens (tertiary/aromatic N) is 3. The zero-order valence-corrected chi connectivity index (χ0v) is 25.8. The SMILES string of the molecule is c1ccc(-c2cc(-c3ccccc3)nc(-n3c4ccccc4c4c5oc6c7ccccc7c(-c7ccccc7)cc6c5ccc43)n2)cc1. The first-order valence-electron chi connectivity index (χ1n) is 16.2. The summed E-state index contributed by atoms with van der Waals surface area (Å²) < 4.78 is 9.14. The van der Waals surface area contributed by atoms with E-state index in [1.165, 1.54) is 16.5 Å². The molecule has 0 saturated heterocycles. The Labute approximate surface area is 276 Å². The molecule has 0 N–H and O–H groups in total. The summed E-state index contributed by atoms with van der Waals surface area (Å²) in [5.74, 6) is 0.619. The van der Waals surface area contributed by atoms with Gasteiger partial charge in [-0.25, -0.2) is 9.97 Å². The Morgan fingerprint density at radius 3 is 1.60 bits per heavy atom. The Morgan fingerprint density at radius 2 is 0.938 bits per heavy atom. The van der Waals surface area contributed by atoms with Crippen molar-refractivity contribution in [2.45, 2.75) is 0 Å². The van der Waals surface area contributed by atoms with Crippen molar-refractivity contribution in [1.29, 1.82) is 0 Å². The van der Waals surface area contributed by atoms with Crippen molar-refractivity contribution in [3.63, 3.8) is 0 Å². The van der Waals surface area contributed by atoms with E-state index in [-0.39, 0.29) is 0 Å². The summed E-state index contributed by atoms with van der Waals surface area (Å²) in [6.45, 7) is 0. The van der Waals surface area contributed by atoms with Crippen LogP contribution in [0.3, 0.4) is 0 Å². The third kappa shape index (κ3) is 4.03. The van der Waals surface area contributed by atoms with Gasteiger partial charge in [-0.1, -0.05) is 133 Å². The monoisotopic (exact) mass is 613 g/mol. The third-order valence-electron chi connectivity index (χ3n) is 9.42. The second-order valence-electron chi connectivity index (χ2n) is 12.2. The maximum atomic E-state index is 6.96. The first-order valence-corrected chi connectivity index (χ1v) is 16.2. The van der Waals surface area contributed by atoms with Gasteiger partial charge in [0.05, 0.1) is 27.8 Å². The average Bonchev–Trinajstić information content (AvgIpc) is 3.71. The first kappa shape index (κ1) is 26.7. The van der Waals surface area contributed by atoms with Crippen molar-refractivity contribution in [1.82, 2.24) is 14.5 Å². The van der Waals surface area contributed by atoms with Crippen LogP contribution in [0.4, 0.5) is 0 Å². The highest BCUT2D eigenvalue weighted by Crippen LogP contribution is 2.44. The van der Waals surface area contributed by atoms with Crippen LogP contribution in [-0.4, -0.2) is 14.5 Å². The van der Waals surface area contributed by atoms with Gasteiger partial charge >= 0.3 is 0 Å². The molecule has 4 nitrogen and oxygen atoms in total. The normalized spacial score (nSPS) is 11.8. The second kappa shape index (κ2) is 10.5.